The number of nitro groups is 1. The quantitative estimate of drug-likeness (QED) is 0.337. The molecule has 28 heavy (non-hydrogen) atoms. The van der Waals surface area contributed by atoms with E-state index in [4.69, 9.17) is 0 Å². The summed E-state index contributed by atoms with van der Waals surface area (Å²) in [6.07, 6.45) is 4.58. The number of aliphatic imine (C=N–C) groups is 1. The number of non-ortho nitro benzene ring substituents is 1. The molecule has 8 nitrogen and oxygen atoms in total. The molecule has 1 aliphatic rings. The smallest absolute Gasteiger partial charge is 0.269 e. The third-order valence-corrected chi connectivity index (χ3v) is 4.50. The maximum Gasteiger partial charge on any atom is 0.269 e. The van der Waals surface area contributed by atoms with Gasteiger partial charge < -0.3 is 15.5 Å². The molecule has 0 bridgehead atoms. The Bertz CT molecular complexity index is 704. The van der Waals surface area contributed by atoms with Crippen LogP contribution in [0.1, 0.15) is 52.0 Å². The molecule has 0 radical (unpaired) electrons. The Balaban J connectivity index is 2.07. The summed E-state index contributed by atoms with van der Waals surface area (Å²) in [7, 11) is 1.85. The molecule has 8 heteroatoms. The fourth-order valence-corrected chi connectivity index (χ4v) is 3.17. The molecule has 0 heterocycles. The first-order chi connectivity index (χ1) is 13.1. The van der Waals surface area contributed by atoms with E-state index in [0.29, 0.717) is 18.5 Å². The molecule has 2 N–H and O–H groups in total. The van der Waals surface area contributed by atoms with Gasteiger partial charge in [-0.25, -0.2) is 4.99 Å². The second kappa shape index (κ2) is 9.52. The molecular weight excluding hydrogens is 358 g/mol. The maximum atomic E-state index is 12.3. The molecule has 1 amide bonds. The fourth-order valence-electron chi connectivity index (χ4n) is 3.17. The minimum Gasteiger partial charge on any atom is -0.353 e. The van der Waals surface area contributed by atoms with Gasteiger partial charge in [0.15, 0.2) is 5.96 Å². The number of guanidine groups is 1. The number of hydrogen-bond acceptors (Lipinski definition) is 4. The molecule has 2 rings (SSSR count). The summed E-state index contributed by atoms with van der Waals surface area (Å²) >= 11 is 0. The number of carbonyl (C=O) groups excluding carboxylic acids is 1. The number of benzene rings is 1. The summed E-state index contributed by atoms with van der Waals surface area (Å²) < 4.78 is 0. The third-order valence-electron chi connectivity index (χ3n) is 4.50. The molecule has 1 saturated carbocycles. The highest BCUT2D eigenvalue weighted by Crippen LogP contribution is 2.18. The Kier molecular flexibility index (Phi) is 7.37. The lowest BCUT2D eigenvalue weighted by molar-refractivity contribution is -0.384. The highest BCUT2D eigenvalue weighted by Gasteiger charge is 2.21. The molecule has 1 aromatic carbocycles. The Morgan fingerprint density at radius 3 is 2.39 bits per heavy atom. The number of amides is 1. The number of nitrogens with zero attached hydrogens (tertiary/aromatic N) is 3. The Morgan fingerprint density at radius 2 is 1.86 bits per heavy atom. The lowest BCUT2D eigenvalue weighted by Gasteiger charge is -2.27. The van der Waals surface area contributed by atoms with Crippen LogP contribution in [0, 0.1) is 10.1 Å². The molecule has 0 atom stereocenters. The van der Waals surface area contributed by atoms with E-state index < -0.39 is 4.92 Å². The Labute approximate surface area is 166 Å². The molecule has 0 aromatic heterocycles. The molecule has 0 aliphatic heterocycles. The van der Waals surface area contributed by atoms with Crippen LogP contribution >= 0.6 is 0 Å². The summed E-state index contributed by atoms with van der Waals surface area (Å²) in [4.78, 5) is 29.1. The number of nitrogens with one attached hydrogen (secondary N) is 2. The monoisotopic (exact) mass is 389 g/mol. The van der Waals surface area contributed by atoms with Crippen LogP contribution in [0.3, 0.4) is 0 Å². The molecule has 1 aliphatic carbocycles. The van der Waals surface area contributed by atoms with Crippen LogP contribution in [0.4, 0.5) is 5.69 Å². The van der Waals surface area contributed by atoms with Gasteiger partial charge >= 0.3 is 0 Å². The highest BCUT2D eigenvalue weighted by molar-refractivity contribution is 5.86. The average Bonchev–Trinajstić information content (AvgIpc) is 3.10. The van der Waals surface area contributed by atoms with E-state index in [-0.39, 0.29) is 23.7 Å². The van der Waals surface area contributed by atoms with Crippen LogP contribution in [0.5, 0.6) is 0 Å². The van der Waals surface area contributed by atoms with Gasteiger partial charge in [0.25, 0.3) is 5.69 Å². The first-order valence-electron chi connectivity index (χ1n) is 9.70. The van der Waals surface area contributed by atoms with Crippen LogP contribution in [0.15, 0.2) is 29.3 Å². The number of rotatable bonds is 6. The standard InChI is InChI=1S/C20H31N5O3/c1-20(2,3)23-18(26)14-24(4)19(22-16-7-5-6-8-16)21-13-15-9-11-17(12-10-15)25(27)28/h9-12,16H,5-8,13-14H2,1-4H3,(H,21,22)(H,23,26). The highest BCUT2D eigenvalue weighted by atomic mass is 16.6. The predicted octanol–water partition coefficient (Wildman–Crippen LogP) is 2.83. The van der Waals surface area contributed by atoms with Gasteiger partial charge in [0.2, 0.25) is 5.91 Å². The van der Waals surface area contributed by atoms with E-state index in [2.05, 4.69) is 15.6 Å². The van der Waals surface area contributed by atoms with E-state index in [0.717, 1.165) is 18.4 Å². The zero-order valence-corrected chi connectivity index (χ0v) is 17.2. The van der Waals surface area contributed by atoms with Crippen molar-refractivity contribution in [2.24, 2.45) is 4.99 Å². The van der Waals surface area contributed by atoms with Crippen molar-refractivity contribution in [2.75, 3.05) is 13.6 Å². The van der Waals surface area contributed by atoms with Crippen LogP contribution in [0.2, 0.25) is 0 Å². The molecule has 154 valence electrons. The van der Waals surface area contributed by atoms with Gasteiger partial charge in [0.05, 0.1) is 18.0 Å². The van der Waals surface area contributed by atoms with Gasteiger partial charge in [-0.3, -0.25) is 14.9 Å². The normalized spacial score (nSPS) is 15.4. The Hall–Kier alpha value is -2.64. The average molecular weight is 390 g/mol. The van der Waals surface area contributed by atoms with E-state index >= 15 is 0 Å². The molecule has 1 fully saturated rings. The van der Waals surface area contributed by atoms with E-state index in [1.807, 2.05) is 32.7 Å². The molecule has 0 spiro atoms. The van der Waals surface area contributed by atoms with Gasteiger partial charge in [-0.2, -0.15) is 0 Å². The van der Waals surface area contributed by atoms with Crippen molar-refractivity contribution in [3.63, 3.8) is 0 Å². The zero-order valence-electron chi connectivity index (χ0n) is 17.2. The summed E-state index contributed by atoms with van der Waals surface area (Å²) in [6.45, 7) is 6.44. The zero-order chi connectivity index (χ0) is 20.7. The van der Waals surface area contributed by atoms with E-state index in [9.17, 15) is 14.9 Å². The van der Waals surface area contributed by atoms with Crippen LogP contribution in [-0.2, 0) is 11.3 Å². The van der Waals surface area contributed by atoms with Crippen LogP contribution < -0.4 is 10.6 Å². The van der Waals surface area contributed by atoms with Gasteiger partial charge in [0, 0.05) is 30.8 Å². The summed E-state index contributed by atoms with van der Waals surface area (Å²) in [5, 5.41) is 17.2. The third kappa shape index (κ3) is 7.17. The summed E-state index contributed by atoms with van der Waals surface area (Å²) in [5.41, 5.74) is 0.657. The van der Waals surface area contributed by atoms with E-state index in [1.165, 1.54) is 25.0 Å². The van der Waals surface area contributed by atoms with E-state index in [1.54, 1.807) is 12.1 Å². The van der Waals surface area contributed by atoms with Crippen molar-refractivity contribution < 1.29 is 9.72 Å². The van der Waals surface area contributed by atoms with Crippen molar-refractivity contribution in [3.05, 3.63) is 39.9 Å². The molecule has 0 unspecified atom stereocenters. The second-order valence-corrected chi connectivity index (χ2v) is 8.34. The SMILES string of the molecule is CN(CC(=O)NC(C)(C)C)C(=NCc1ccc([N+](=O)[O-])cc1)NC1CCCC1. The van der Waals surface area contributed by atoms with Crippen molar-refractivity contribution in [1.29, 1.82) is 0 Å². The van der Waals surface area contributed by atoms with Crippen molar-refractivity contribution in [1.82, 2.24) is 15.5 Å². The molecule has 1 aromatic rings. The Morgan fingerprint density at radius 1 is 1.25 bits per heavy atom. The molecular formula is C20H31N5O3. The van der Waals surface area contributed by atoms with Gasteiger partial charge in [0.1, 0.15) is 0 Å². The lowest BCUT2D eigenvalue weighted by Crippen LogP contribution is -2.50. The number of carbonyl (C=O) groups is 1. The number of hydrogen-bond donors (Lipinski definition) is 2. The first-order valence-corrected chi connectivity index (χ1v) is 9.70. The largest absolute Gasteiger partial charge is 0.353 e. The number of nitro benzene ring substituents is 1. The lowest BCUT2D eigenvalue weighted by atomic mass is 10.1. The topological polar surface area (TPSA) is 99.9 Å². The summed E-state index contributed by atoms with van der Waals surface area (Å²) in [5.74, 6) is 0.612. The van der Waals surface area contributed by atoms with Crippen LogP contribution in [0.25, 0.3) is 0 Å². The second-order valence-electron chi connectivity index (χ2n) is 8.34. The van der Waals surface area contributed by atoms with Crippen molar-refractivity contribution in [2.45, 2.75) is 64.6 Å². The van der Waals surface area contributed by atoms with Crippen molar-refractivity contribution in [3.8, 4) is 0 Å². The van der Waals surface area contributed by atoms with Gasteiger partial charge in [-0.1, -0.05) is 25.0 Å². The first kappa shape index (κ1) is 21.7. The van der Waals surface area contributed by atoms with Crippen molar-refractivity contribution >= 4 is 17.6 Å². The minimum atomic E-state index is -0.415. The fraction of sp³-hybridized carbons (Fsp3) is 0.600. The van der Waals surface area contributed by atoms with Crippen LogP contribution in [-0.4, -0.2) is 46.9 Å². The minimum absolute atomic E-state index is 0.0630. The molecule has 0 saturated heterocycles. The summed E-state index contributed by atoms with van der Waals surface area (Å²) in [6, 6.07) is 6.75. The van der Waals surface area contributed by atoms with Gasteiger partial charge in [-0.05, 0) is 39.2 Å². The maximum absolute atomic E-state index is 12.3. The predicted molar refractivity (Wildman–Crippen MR) is 110 cm³/mol. The number of likely N-dealkylation sites (N-methyl/N-ethyl adjacent to an activating group) is 1. The van der Waals surface area contributed by atoms with Gasteiger partial charge in [-0.15, -0.1) is 0 Å².